The molecule has 0 aliphatic rings. The molecule has 0 spiro atoms. The highest BCUT2D eigenvalue weighted by molar-refractivity contribution is 5.91. The molecule has 3 aromatic rings. The van der Waals surface area contributed by atoms with Gasteiger partial charge in [0.15, 0.2) is 5.69 Å². The van der Waals surface area contributed by atoms with Gasteiger partial charge in [-0.3, -0.25) is 9.59 Å². The van der Waals surface area contributed by atoms with E-state index in [1.165, 1.54) is 0 Å². The van der Waals surface area contributed by atoms with Crippen molar-refractivity contribution in [2.45, 2.75) is 32.1 Å². The number of amides is 2. The fourth-order valence-corrected chi connectivity index (χ4v) is 2.92. The Morgan fingerprint density at radius 1 is 1.06 bits per heavy atom. The lowest BCUT2D eigenvalue weighted by Gasteiger charge is -2.12. The summed E-state index contributed by atoms with van der Waals surface area (Å²) in [6, 6.07) is 15.4. The van der Waals surface area contributed by atoms with Gasteiger partial charge in [-0.25, -0.2) is 4.68 Å². The van der Waals surface area contributed by atoms with E-state index in [1.807, 2.05) is 0 Å². The molecule has 168 valence electrons. The van der Waals surface area contributed by atoms with E-state index in [9.17, 15) is 22.8 Å². The molecule has 0 radical (unpaired) electrons. The maximum atomic E-state index is 13.3. The van der Waals surface area contributed by atoms with Crippen molar-refractivity contribution < 1.29 is 22.8 Å². The molecule has 0 fully saturated rings. The molecule has 32 heavy (non-hydrogen) atoms. The van der Waals surface area contributed by atoms with Crippen LogP contribution in [0.5, 0.6) is 0 Å². The Morgan fingerprint density at radius 3 is 2.41 bits per heavy atom. The highest BCUT2D eigenvalue weighted by Gasteiger charge is 2.35. The highest BCUT2D eigenvalue weighted by Crippen LogP contribution is 2.31. The molecule has 0 saturated carbocycles. The zero-order valence-corrected chi connectivity index (χ0v) is 17.2. The van der Waals surface area contributed by atoms with Crippen LogP contribution in [0.3, 0.4) is 0 Å². The van der Waals surface area contributed by atoms with Gasteiger partial charge in [0.25, 0.3) is 0 Å². The van der Waals surface area contributed by atoms with E-state index in [-0.39, 0.29) is 24.7 Å². The number of anilines is 1. The topological polar surface area (TPSA) is 102 Å². The van der Waals surface area contributed by atoms with E-state index in [1.54, 1.807) is 61.5 Å². The minimum Gasteiger partial charge on any atom is -0.351 e. The number of halogens is 3. The molecule has 2 amide bonds. The summed E-state index contributed by atoms with van der Waals surface area (Å²) in [6.45, 7) is 1.68. The van der Waals surface area contributed by atoms with Gasteiger partial charge in [0.2, 0.25) is 11.8 Å². The second kappa shape index (κ2) is 9.65. The Hall–Kier alpha value is -3.66. The monoisotopic (exact) mass is 445 g/mol. The summed E-state index contributed by atoms with van der Waals surface area (Å²) in [7, 11) is 0. The average molecular weight is 445 g/mol. The third-order valence-electron chi connectivity index (χ3n) is 4.51. The van der Waals surface area contributed by atoms with Crippen molar-refractivity contribution in [1.29, 1.82) is 0 Å². The number of benzene rings is 2. The van der Waals surface area contributed by atoms with Gasteiger partial charge in [0.1, 0.15) is 5.82 Å². The van der Waals surface area contributed by atoms with E-state index in [0.717, 1.165) is 16.3 Å². The number of carbonyl (C=O) groups excluding carboxylic acids is 2. The maximum Gasteiger partial charge on any atom is 0.435 e. The lowest BCUT2D eigenvalue weighted by molar-refractivity contribution is -0.141. The lowest BCUT2D eigenvalue weighted by atomic mass is 10.1. The second-order valence-corrected chi connectivity index (χ2v) is 7.21. The molecule has 2 aromatic carbocycles. The predicted octanol–water partition coefficient (Wildman–Crippen LogP) is 3.04. The molecule has 10 heteroatoms. The summed E-state index contributed by atoms with van der Waals surface area (Å²) in [5, 5.41) is 8.79. The molecule has 0 aliphatic carbocycles. The lowest BCUT2D eigenvalue weighted by Crippen LogP contribution is -2.37. The number of hydrogen-bond donors (Lipinski definition) is 3. The Balaban J connectivity index is 1.87. The molecule has 1 atom stereocenters. The fraction of sp³-hybridized carbons (Fsp3) is 0.227. The maximum absolute atomic E-state index is 13.3. The Morgan fingerprint density at radius 2 is 1.75 bits per heavy atom. The number of aromatic nitrogens is 2. The van der Waals surface area contributed by atoms with Crippen LogP contribution < -0.4 is 16.4 Å². The fourth-order valence-electron chi connectivity index (χ4n) is 2.92. The molecule has 1 heterocycles. The van der Waals surface area contributed by atoms with E-state index < -0.39 is 23.8 Å². The number of alkyl halides is 3. The first-order valence-electron chi connectivity index (χ1n) is 9.77. The molecule has 3 rings (SSSR count). The molecule has 1 aromatic heterocycles. The summed E-state index contributed by atoms with van der Waals surface area (Å²) in [4.78, 5) is 24.1. The van der Waals surface area contributed by atoms with Gasteiger partial charge >= 0.3 is 6.18 Å². The zero-order valence-electron chi connectivity index (χ0n) is 17.2. The van der Waals surface area contributed by atoms with E-state index >= 15 is 0 Å². The van der Waals surface area contributed by atoms with Crippen molar-refractivity contribution in [2.75, 3.05) is 5.32 Å². The van der Waals surface area contributed by atoms with Crippen LogP contribution in [-0.2, 0) is 28.7 Å². The molecule has 0 aliphatic heterocycles. The number of nitrogens with two attached hydrogens (primary N) is 1. The number of hydrogen-bond acceptors (Lipinski definition) is 4. The van der Waals surface area contributed by atoms with Gasteiger partial charge in [-0.2, -0.15) is 18.3 Å². The number of nitrogens with one attached hydrogen (secondary N) is 2. The van der Waals surface area contributed by atoms with Gasteiger partial charge < -0.3 is 16.4 Å². The van der Waals surface area contributed by atoms with E-state index in [2.05, 4.69) is 15.7 Å². The molecular weight excluding hydrogens is 423 g/mol. The summed E-state index contributed by atoms with van der Waals surface area (Å²) >= 11 is 0. The molecule has 0 bridgehead atoms. The van der Waals surface area contributed by atoms with Gasteiger partial charge in [-0.15, -0.1) is 0 Å². The third-order valence-corrected chi connectivity index (χ3v) is 4.51. The number of nitrogens with zero attached hydrogens (tertiary/aromatic N) is 2. The smallest absolute Gasteiger partial charge is 0.351 e. The van der Waals surface area contributed by atoms with E-state index in [4.69, 9.17) is 5.73 Å². The van der Waals surface area contributed by atoms with E-state index in [0.29, 0.717) is 11.3 Å². The first-order chi connectivity index (χ1) is 15.1. The van der Waals surface area contributed by atoms with Crippen LogP contribution in [0.1, 0.15) is 23.7 Å². The summed E-state index contributed by atoms with van der Waals surface area (Å²) < 4.78 is 40.9. The minimum atomic E-state index is -4.69. The zero-order chi connectivity index (χ0) is 23.3. The van der Waals surface area contributed by atoms with Crippen LogP contribution in [0.2, 0.25) is 0 Å². The average Bonchev–Trinajstić information content (AvgIpc) is 3.17. The summed E-state index contributed by atoms with van der Waals surface area (Å²) in [5.74, 6) is -0.954. The molecule has 7 nitrogen and oxygen atoms in total. The third kappa shape index (κ3) is 5.94. The minimum absolute atomic E-state index is 0.00326. The van der Waals surface area contributed by atoms with Gasteiger partial charge in [-0.1, -0.05) is 42.5 Å². The van der Waals surface area contributed by atoms with Crippen molar-refractivity contribution in [3.63, 3.8) is 0 Å². The number of rotatable bonds is 7. The van der Waals surface area contributed by atoms with Gasteiger partial charge in [0, 0.05) is 12.6 Å². The molecular formula is C22H22F3N5O2. The normalized spacial score (nSPS) is 12.3. The summed E-state index contributed by atoms with van der Waals surface area (Å²) in [6.07, 6.45) is -4.69. The van der Waals surface area contributed by atoms with Crippen molar-refractivity contribution in [3.05, 3.63) is 77.5 Å². The van der Waals surface area contributed by atoms with Crippen LogP contribution >= 0.6 is 0 Å². The molecule has 4 N–H and O–H groups in total. The Labute approximate surface area is 182 Å². The van der Waals surface area contributed by atoms with Gasteiger partial charge in [0.05, 0.1) is 18.2 Å². The second-order valence-electron chi connectivity index (χ2n) is 7.21. The van der Waals surface area contributed by atoms with Gasteiger partial charge in [-0.05, 0) is 30.2 Å². The highest BCUT2D eigenvalue weighted by atomic mass is 19.4. The first-order valence-corrected chi connectivity index (χ1v) is 9.77. The van der Waals surface area contributed by atoms with Crippen LogP contribution in [0, 0.1) is 0 Å². The van der Waals surface area contributed by atoms with Crippen molar-refractivity contribution >= 4 is 17.6 Å². The molecule has 1 unspecified atom stereocenters. The Bertz CT molecular complexity index is 1090. The van der Waals surface area contributed by atoms with Crippen LogP contribution in [0.4, 0.5) is 19.0 Å². The molecule has 0 saturated heterocycles. The van der Waals surface area contributed by atoms with Crippen molar-refractivity contribution in [1.82, 2.24) is 15.1 Å². The SMILES string of the molecule is CC(N)C(=O)NCc1cccc(-n2nc(C(F)(F)F)cc2NC(=O)Cc2ccccc2)c1. The van der Waals surface area contributed by atoms with Crippen LogP contribution in [-0.4, -0.2) is 27.6 Å². The van der Waals surface area contributed by atoms with Crippen LogP contribution in [0.15, 0.2) is 60.7 Å². The van der Waals surface area contributed by atoms with Crippen LogP contribution in [0.25, 0.3) is 5.69 Å². The first kappa shape index (κ1) is 23.0. The largest absolute Gasteiger partial charge is 0.435 e. The number of carbonyl (C=O) groups is 2. The summed E-state index contributed by atoms with van der Waals surface area (Å²) in [5.41, 5.74) is 6.02. The van der Waals surface area contributed by atoms with Crippen molar-refractivity contribution in [2.24, 2.45) is 5.73 Å². The predicted molar refractivity (Wildman–Crippen MR) is 113 cm³/mol. The Kier molecular flexibility index (Phi) is 6.94. The standard InChI is InChI=1S/C22H22F3N5O2/c1-14(26)21(32)27-13-16-8-5-9-17(10-16)30-19(12-18(29-30)22(23,24)25)28-20(31)11-15-6-3-2-4-7-15/h2-10,12,14H,11,13,26H2,1H3,(H,27,32)(H,28,31). The van der Waals surface area contributed by atoms with Crippen molar-refractivity contribution in [3.8, 4) is 5.69 Å². The quantitative estimate of drug-likeness (QED) is 0.520.